The van der Waals surface area contributed by atoms with Crippen molar-refractivity contribution in [2.24, 2.45) is 0 Å². The maximum atomic E-state index is 11.3. The smallest absolute Gasteiger partial charge is 0.226 e. The molecule has 0 saturated carbocycles. The second-order valence-corrected chi connectivity index (χ2v) is 5.74. The first-order valence-corrected chi connectivity index (χ1v) is 7.60. The second kappa shape index (κ2) is 6.25. The minimum absolute atomic E-state index is 0.382. The number of H-pyrrole nitrogens is 1. The van der Waals surface area contributed by atoms with Crippen molar-refractivity contribution in [3.8, 4) is 17.1 Å². The van der Waals surface area contributed by atoms with Gasteiger partial charge in [0.05, 0.1) is 5.75 Å². The summed E-state index contributed by atoms with van der Waals surface area (Å²) in [7, 11) is 0. The van der Waals surface area contributed by atoms with Crippen molar-refractivity contribution >= 4 is 23.4 Å². The second-order valence-electron chi connectivity index (χ2n) is 4.36. The Labute approximate surface area is 134 Å². The molecule has 3 rings (SSSR count). The van der Waals surface area contributed by atoms with Crippen LogP contribution >= 0.6 is 23.4 Å². The Morgan fingerprint density at radius 3 is 2.82 bits per heavy atom. The highest BCUT2D eigenvalue weighted by atomic mass is 35.5. The van der Waals surface area contributed by atoms with Gasteiger partial charge in [-0.3, -0.25) is 9.89 Å². The Morgan fingerprint density at radius 2 is 2.09 bits per heavy atom. The van der Waals surface area contributed by atoms with E-state index in [2.05, 4.69) is 15.2 Å². The fourth-order valence-electron chi connectivity index (χ4n) is 1.70. The van der Waals surface area contributed by atoms with E-state index < -0.39 is 11.2 Å². The molecule has 0 fully saturated rings. The minimum Gasteiger partial charge on any atom is -0.502 e. The molecule has 0 spiro atoms. The summed E-state index contributed by atoms with van der Waals surface area (Å²) in [6.45, 7) is 0. The molecule has 3 aromatic rings. The van der Waals surface area contributed by atoms with Crippen LogP contribution in [0, 0.1) is 0 Å². The van der Waals surface area contributed by atoms with Crippen LogP contribution in [0.3, 0.4) is 0 Å². The van der Waals surface area contributed by atoms with Gasteiger partial charge in [-0.1, -0.05) is 23.4 Å². The third-order valence-corrected chi connectivity index (χ3v) is 3.91. The van der Waals surface area contributed by atoms with Gasteiger partial charge in [-0.15, -0.1) is 5.10 Å². The highest BCUT2D eigenvalue weighted by molar-refractivity contribution is 7.98. The Balaban J connectivity index is 1.70. The number of aromatic amines is 1. The molecule has 0 radical (unpaired) electrons. The molecule has 0 aliphatic heterocycles. The molecule has 112 valence electrons. The summed E-state index contributed by atoms with van der Waals surface area (Å²) >= 11 is 7.15. The number of nitrogens with one attached hydrogen (secondary N) is 1. The number of hydrogen-bond donors (Lipinski definition) is 2. The van der Waals surface area contributed by atoms with Crippen molar-refractivity contribution in [1.82, 2.24) is 15.2 Å². The Bertz CT molecular complexity index is 845. The number of benzene rings is 1. The van der Waals surface area contributed by atoms with Crippen LogP contribution in [0.1, 0.15) is 5.76 Å². The molecule has 8 heteroatoms. The van der Waals surface area contributed by atoms with Crippen molar-refractivity contribution in [2.45, 2.75) is 10.9 Å². The molecule has 0 bridgehead atoms. The highest BCUT2D eigenvalue weighted by Crippen LogP contribution is 2.23. The number of nitrogens with zero attached hydrogens (tertiary/aromatic N) is 2. The largest absolute Gasteiger partial charge is 0.502 e. The molecular formula is C14H10ClN3O3S. The zero-order chi connectivity index (χ0) is 15.5. The van der Waals surface area contributed by atoms with Crippen LogP contribution in [-0.4, -0.2) is 20.3 Å². The Hall–Kier alpha value is -2.25. The molecule has 2 N–H and O–H groups in total. The SMILES string of the molecule is O=c1cc(CSc2n[nH]c(-c3ccc(Cl)cc3)n2)occ1O. The molecule has 0 amide bonds. The maximum Gasteiger partial charge on any atom is 0.226 e. The van der Waals surface area contributed by atoms with Crippen molar-refractivity contribution in [3.05, 3.63) is 57.6 Å². The van der Waals surface area contributed by atoms with Gasteiger partial charge in [0, 0.05) is 16.7 Å². The summed E-state index contributed by atoms with van der Waals surface area (Å²) in [5.41, 5.74) is 0.401. The van der Waals surface area contributed by atoms with Crippen LogP contribution in [0.5, 0.6) is 5.75 Å². The molecule has 0 aliphatic rings. The third kappa shape index (κ3) is 3.32. The topological polar surface area (TPSA) is 92.0 Å². The monoisotopic (exact) mass is 335 g/mol. The first-order valence-electron chi connectivity index (χ1n) is 6.23. The highest BCUT2D eigenvalue weighted by Gasteiger charge is 2.08. The van der Waals surface area contributed by atoms with Gasteiger partial charge < -0.3 is 9.52 Å². The van der Waals surface area contributed by atoms with E-state index in [0.29, 0.717) is 27.5 Å². The lowest BCUT2D eigenvalue weighted by molar-refractivity contribution is 0.419. The van der Waals surface area contributed by atoms with Crippen molar-refractivity contribution in [1.29, 1.82) is 0 Å². The molecule has 1 aromatic carbocycles. The van der Waals surface area contributed by atoms with E-state index in [-0.39, 0.29) is 0 Å². The minimum atomic E-state index is -0.473. The van der Waals surface area contributed by atoms with E-state index >= 15 is 0 Å². The molecule has 2 aromatic heterocycles. The molecule has 0 aliphatic carbocycles. The first kappa shape index (κ1) is 14.7. The number of halogens is 1. The molecule has 2 heterocycles. The quantitative estimate of drug-likeness (QED) is 0.712. The number of hydrogen-bond acceptors (Lipinski definition) is 6. The third-order valence-electron chi connectivity index (χ3n) is 2.79. The van der Waals surface area contributed by atoms with Crippen LogP contribution in [-0.2, 0) is 5.75 Å². The lowest BCUT2D eigenvalue weighted by Gasteiger charge is -1.97. The van der Waals surface area contributed by atoms with Crippen molar-refractivity contribution in [2.75, 3.05) is 0 Å². The van der Waals surface area contributed by atoms with Gasteiger partial charge in [0.2, 0.25) is 10.6 Å². The average Bonchev–Trinajstić information content (AvgIpc) is 2.98. The molecule has 0 saturated heterocycles. The number of aromatic hydroxyl groups is 1. The molecule has 6 nitrogen and oxygen atoms in total. The van der Waals surface area contributed by atoms with Gasteiger partial charge in [-0.05, 0) is 24.3 Å². The summed E-state index contributed by atoms with van der Waals surface area (Å²) in [4.78, 5) is 15.6. The van der Waals surface area contributed by atoms with Crippen LogP contribution in [0.15, 0.2) is 51.0 Å². The standard InChI is InChI=1S/C14H10ClN3O3S/c15-9-3-1-8(2-4-9)13-16-14(18-17-13)22-7-10-5-11(19)12(20)6-21-10/h1-6,20H,7H2,(H,16,17,18). The average molecular weight is 336 g/mol. The number of aromatic nitrogens is 3. The van der Waals surface area contributed by atoms with Crippen LogP contribution in [0.4, 0.5) is 0 Å². The Kier molecular flexibility index (Phi) is 4.17. The van der Waals surface area contributed by atoms with Gasteiger partial charge in [0.25, 0.3) is 0 Å². The summed E-state index contributed by atoms with van der Waals surface area (Å²) in [6.07, 6.45) is 1.02. The fourth-order valence-corrected chi connectivity index (χ4v) is 2.52. The number of rotatable bonds is 4. The maximum absolute atomic E-state index is 11.3. The lowest BCUT2D eigenvalue weighted by Crippen LogP contribution is -1.99. The van der Waals surface area contributed by atoms with Gasteiger partial charge in [-0.2, -0.15) is 0 Å². The molecule has 22 heavy (non-hydrogen) atoms. The van der Waals surface area contributed by atoms with E-state index in [4.69, 9.17) is 21.1 Å². The number of thioether (sulfide) groups is 1. The fraction of sp³-hybridized carbons (Fsp3) is 0.0714. The van der Waals surface area contributed by atoms with Gasteiger partial charge >= 0.3 is 0 Å². The predicted molar refractivity (Wildman–Crippen MR) is 83.0 cm³/mol. The van der Waals surface area contributed by atoms with Crippen LogP contribution in [0.2, 0.25) is 5.02 Å². The summed E-state index contributed by atoms with van der Waals surface area (Å²) in [6, 6.07) is 8.48. The van der Waals surface area contributed by atoms with E-state index in [1.54, 1.807) is 12.1 Å². The molecule has 0 unspecified atom stereocenters. The predicted octanol–water partition coefficient (Wildman–Crippen LogP) is 3.08. The van der Waals surface area contributed by atoms with Gasteiger partial charge in [0.15, 0.2) is 11.6 Å². The summed E-state index contributed by atoms with van der Waals surface area (Å²) < 4.78 is 5.11. The van der Waals surface area contributed by atoms with Crippen molar-refractivity contribution in [3.63, 3.8) is 0 Å². The van der Waals surface area contributed by atoms with E-state index in [0.717, 1.165) is 11.8 Å². The van der Waals surface area contributed by atoms with Crippen molar-refractivity contribution < 1.29 is 9.52 Å². The normalized spacial score (nSPS) is 10.8. The zero-order valence-electron chi connectivity index (χ0n) is 11.1. The Morgan fingerprint density at radius 1 is 1.32 bits per heavy atom. The lowest BCUT2D eigenvalue weighted by atomic mass is 10.2. The summed E-state index contributed by atoms with van der Waals surface area (Å²) in [5, 5.41) is 17.2. The van der Waals surface area contributed by atoms with Crippen LogP contribution < -0.4 is 5.43 Å². The molecular weight excluding hydrogens is 326 g/mol. The van der Waals surface area contributed by atoms with Gasteiger partial charge in [-0.25, -0.2) is 4.98 Å². The molecule has 0 atom stereocenters. The van der Waals surface area contributed by atoms with E-state index in [1.165, 1.54) is 17.8 Å². The van der Waals surface area contributed by atoms with Gasteiger partial charge in [0.1, 0.15) is 12.0 Å². The first-order chi connectivity index (χ1) is 10.6. The van der Waals surface area contributed by atoms with Crippen LogP contribution in [0.25, 0.3) is 11.4 Å². The van der Waals surface area contributed by atoms with E-state index in [1.807, 2.05) is 12.1 Å². The van der Waals surface area contributed by atoms with E-state index in [9.17, 15) is 4.79 Å². The summed E-state index contributed by atoms with van der Waals surface area (Å²) in [5.74, 6) is 1.04. The zero-order valence-corrected chi connectivity index (χ0v) is 12.7.